The molecule has 130 valence electrons. The highest BCUT2D eigenvalue weighted by Crippen LogP contribution is 2.29. The van der Waals surface area contributed by atoms with Crippen LogP contribution in [0.2, 0.25) is 0 Å². The molecule has 0 aliphatic rings. The number of hydrogen-bond donors (Lipinski definition) is 1. The summed E-state index contributed by atoms with van der Waals surface area (Å²) in [4.78, 5) is 11.6. The molecule has 0 amide bonds. The highest BCUT2D eigenvalue weighted by atomic mass is 79.9. The van der Waals surface area contributed by atoms with Crippen molar-refractivity contribution in [2.45, 2.75) is 17.7 Å². The summed E-state index contributed by atoms with van der Waals surface area (Å²) in [5, 5.41) is 9.82. The summed E-state index contributed by atoms with van der Waals surface area (Å²) in [6.45, 7) is 0. The van der Waals surface area contributed by atoms with Crippen LogP contribution in [0.3, 0.4) is 0 Å². The lowest BCUT2D eigenvalue weighted by molar-refractivity contribution is -0.136. The number of carbonyl (C=O) groups is 1. The van der Waals surface area contributed by atoms with Gasteiger partial charge in [0.25, 0.3) is 0 Å². The molecular weight excluding hydrogens is 406 g/mol. The van der Waals surface area contributed by atoms with Gasteiger partial charge in [-0.05, 0) is 54.4 Å². The molecule has 3 aromatic rings. The van der Waals surface area contributed by atoms with E-state index in [1.54, 1.807) is 35.5 Å². The molecule has 0 saturated heterocycles. The summed E-state index contributed by atoms with van der Waals surface area (Å²) in [6.07, 6.45) is 2.15. The molecule has 2 aromatic carbocycles. The van der Waals surface area contributed by atoms with Gasteiger partial charge in [0.15, 0.2) is 11.0 Å². The van der Waals surface area contributed by atoms with Crippen LogP contribution in [-0.2, 0) is 22.2 Å². The molecule has 0 aliphatic carbocycles. The molecule has 0 spiro atoms. The van der Waals surface area contributed by atoms with Crippen LogP contribution in [0.1, 0.15) is 12.0 Å². The van der Waals surface area contributed by atoms with E-state index in [4.69, 9.17) is 9.84 Å². The summed E-state index contributed by atoms with van der Waals surface area (Å²) in [6, 6.07) is 12.8. The molecule has 1 unspecified atom stereocenters. The molecule has 7 heteroatoms. The van der Waals surface area contributed by atoms with Crippen molar-refractivity contribution in [2.75, 3.05) is 7.11 Å². The lowest BCUT2D eigenvalue weighted by Crippen LogP contribution is -2.03. The SMILES string of the molecule is COc1ccc2c(c1)c(CCC(=O)O)cn2S(=O)c1ccc(Br)cc1. The quantitative estimate of drug-likeness (QED) is 0.652. The minimum absolute atomic E-state index is 0.0151. The Kier molecular flexibility index (Phi) is 5.24. The van der Waals surface area contributed by atoms with E-state index >= 15 is 0 Å². The van der Waals surface area contributed by atoms with Crippen molar-refractivity contribution in [3.05, 3.63) is 58.7 Å². The Balaban J connectivity index is 2.09. The van der Waals surface area contributed by atoms with Gasteiger partial charge in [0, 0.05) is 22.5 Å². The molecule has 0 saturated carbocycles. The van der Waals surface area contributed by atoms with Crippen molar-refractivity contribution in [3.8, 4) is 5.75 Å². The minimum Gasteiger partial charge on any atom is -0.497 e. The fourth-order valence-corrected chi connectivity index (χ4v) is 4.04. The number of rotatable bonds is 6. The van der Waals surface area contributed by atoms with Crippen molar-refractivity contribution in [1.29, 1.82) is 0 Å². The number of methoxy groups -OCH3 is 1. The third-order valence-electron chi connectivity index (χ3n) is 3.86. The van der Waals surface area contributed by atoms with Crippen LogP contribution < -0.4 is 4.74 Å². The van der Waals surface area contributed by atoms with Gasteiger partial charge in [-0.2, -0.15) is 0 Å². The molecule has 1 N–H and O–H groups in total. The molecule has 1 atom stereocenters. The second-order valence-electron chi connectivity index (χ2n) is 5.46. The molecule has 1 heterocycles. The summed E-state index contributed by atoms with van der Waals surface area (Å²) in [7, 11) is 0.154. The highest BCUT2D eigenvalue weighted by Gasteiger charge is 2.16. The van der Waals surface area contributed by atoms with Crippen LogP contribution >= 0.6 is 15.9 Å². The van der Waals surface area contributed by atoms with Crippen LogP contribution in [0.25, 0.3) is 10.9 Å². The number of aromatic nitrogens is 1. The second-order valence-corrected chi connectivity index (χ2v) is 7.74. The first-order chi connectivity index (χ1) is 12.0. The molecule has 5 nitrogen and oxygen atoms in total. The van der Waals surface area contributed by atoms with Gasteiger partial charge >= 0.3 is 5.97 Å². The molecule has 3 rings (SSSR count). The number of carboxylic acids is 1. The monoisotopic (exact) mass is 421 g/mol. The molecule has 25 heavy (non-hydrogen) atoms. The predicted molar refractivity (Wildman–Crippen MR) is 100 cm³/mol. The standard InChI is InChI=1S/C18H16BrNO4S/c1-24-14-5-8-17-16(10-14)12(2-9-18(21)22)11-20(17)25(23)15-6-3-13(19)4-7-15/h3-8,10-11H,2,9H2,1H3,(H,21,22). The van der Waals surface area contributed by atoms with Crippen molar-refractivity contribution >= 4 is 43.8 Å². The molecule has 0 aliphatic heterocycles. The fourth-order valence-electron chi connectivity index (χ4n) is 2.61. The maximum Gasteiger partial charge on any atom is 0.303 e. The summed E-state index contributed by atoms with van der Waals surface area (Å²) >= 11 is 3.37. The van der Waals surface area contributed by atoms with E-state index in [0.717, 1.165) is 20.9 Å². The molecular formula is C18H16BrNO4S. The Hall–Kier alpha value is -2.12. The topological polar surface area (TPSA) is 68.5 Å². The first-order valence-electron chi connectivity index (χ1n) is 7.57. The fraction of sp³-hybridized carbons (Fsp3) is 0.167. The van der Waals surface area contributed by atoms with E-state index in [-0.39, 0.29) is 6.42 Å². The lowest BCUT2D eigenvalue weighted by Gasteiger charge is -2.06. The zero-order valence-electron chi connectivity index (χ0n) is 13.4. The first-order valence-corrected chi connectivity index (χ1v) is 9.47. The number of hydrogen-bond acceptors (Lipinski definition) is 3. The number of aryl methyl sites for hydroxylation is 1. The first kappa shape index (κ1) is 17.7. The maximum atomic E-state index is 13.0. The van der Waals surface area contributed by atoms with Crippen molar-refractivity contribution in [1.82, 2.24) is 3.97 Å². The van der Waals surface area contributed by atoms with Crippen molar-refractivity contribution in [3.63, 3.8) is 0 Å². The van der Waals surface area contributed by atoms with E-state index in [1.807, 2.05) is 24.3 Å². The minimum atomic E-state index is -1.42. The van der Waals surface area contributed by atoms with Gasteiger partial charge in [-0.25, -0.2) is 4.21 Å². The van der Waals surface area contributed by atoms with E-state index < -0.39 is 17.0 Å². The third kappa shape index (κ3) is 3.77. The van der Waals surface area contributed by atoms with Gasteiger partial charge in [-0.3, -0.25) is 8.77 Å². The molecule has 1 aromatic heterocycles. The highest BCUT2D eigenvalue weighted by molar-refractivity contribution is 9.10. The Labute approximate surface area is 155 Å². The van der Waals surface area contributed by atoms with Crippen molar-refractivity contribution in [2.24, 2.45) is 0 Å². The average molecular weight is 422 g/mol. The van der Waals surface area contributed by atoms with Crippen LogP contribution in [0, 0.1) is 0 Å². The van der Waals surface area contributed by atoms with Gasteiger partial charge in [0.05, 0.1) is 17.5 Å². The number of ether oxygens (including phenoxy) is 1. The van der Waals surface area contributed by atoms with Crippen molar-refractivity contribution < 1.29 is 18.8 Å². The summed E-state index contributed by atoms with van der Waals surface area (Å²) in [5.41, 5.74) is 1.62. The number of aliphatic carboxylic acids is 1. The van der Waals surface area contributed by atoms with E-state index in [0.29, 0.717) is 17.1 Å². The Morgan fingerprint density at radius 3 is 2.60 bits per heavy atom. The number of halogens is 1. The zero-order valence-corrected chi connectivity index (χ0v) is 15.8. The van der Waals surface area contributed by atoms with Crippen LogP contribution in [0.4, 0.5) is 0 Å². The molecule has 0 radical (unpaired) electrons. The third-order valence-corrected chi connectivity index (χ3v) is 5.73. The van der Waals surface area contributed by atoms with Gasteiger partial charge < -0.3 is 9.84 Å². The normalized spacial score (nSPS) is 12.2. The van der Waals surface area contributed by atoms with E-state index in [9.17, 15) is 9.00 Å². The largest absolute Gasteiger partial charge is 0.497 e. The summed E-state index contributed by atoms with van der Waals surface area (Å²) < 4.78 is 20.8. The number of fused-ring (bicyclic) bond motifs is 1. The van der Waals surface area contributed by atoms with E-state index in [2.05, 4.69) is 15.9 Å². The molecule has 0 bridgehead atoms. The lowest BCUT2D eigenvalue weighted by atomic mass is 10.1. The van der Waals surface area contributed by atoms with Gasteiger partial charge in [-0.1, -0.05) is 15.9 Å². The van der Waals surface area contributed by atoms with Crippen LogP contribution in [0.5, 0.6) is 5.75 Å². The summed E-state index contributed by atoms with van der Waals surface area (Å²) in [5.74, 6) is -0.186. The van der Waals surface area contributed by atoms with E-state index in [1.165, 1.54) is 0 Å². The smallest absolute Gasteiger partial charge is 0.303 e. The Morgan fingerprint density at radius 2 is 1.96 bits per heavy atom. The number of carboxylic acid groups (broad SMARTS) is 1. The molecule has 0 fully saturated rings. The Morgan fingerprint density at radius 1 is 1.24 bits per heavy atom. The maximum absolute atomic E-state index is 13.0. The van der Waals surface area contributed by atoms with Gasteiger partial charge in [-0.15, -0.1) is 0 Å². The van der Waals surface area contributed by atoms with Gasteiger partial charge in [0.1, 0.15) is 5.75 Å². The number of nitrogens with zero attached hydrogens (tertiary/aromatic N) is 1. The zero-order chi connectivity index (χ0) is 18.0. The van der Waals surface area contributed by atoms with Crippen LogP contribution in [0.15, 0.2) is 58.0 Å². The van der Waals surface area contributed by atoms with Gasteiger partial charge in [0.2, 0.25) is 0 Å². The predicted octanol–water partition coefficient (Wildman–Crippen LogP) is 4.00. The number of benzene rings is 2. The Bertz CT molecular complexity index is 950. The van der Waals surface area contributed by atoms with Crippen LogP contribution in [-0.4, -0.2) is 26.4 Å². The average Bonchev–Trinajstić information content (AvgIpc) is 2.97. The second kappa shape index (κ2) is 7.41.